The minimum absolute atomic E-state index is 0. The van der Waals surface area contributed by atoms with Gasteiger partial charge in [-0.2, -0.15) is 0 Å². The van der Waals surface area contributed by atoms with Crippen LogP contribution in [0, 0.1) is 0 Å². The number of hydrazine groups is 1. The van der Waals surface area contributed by atoms with Crippen molar-refractivity contribution >= 4 is 36.2 Å². The van der Waals surface area contributed by atoms with Crippen LogP contribution in [0.5, 0.6) is 0 Å². The van der Waals surface area contributed by atoms with Crippen LogP contribution in [0.1, 0.15) is 0 Å². The van der Waals surface area contributed by atoms with Crippen LogP contribution in [0.3, 0.4) is 0 Å². The highest BCUT2D eigenvalue weighted by molar-refractivity contribution is 5.85. The molecule has 92 valence electrons. The first kappa shape index (κ1) is 15.2. The fourth-order valence-corrected chi connectivity index (χ4v) is 1.38. The van der Waals surface area contributed by atoms with Gasteiger partial charge in [-0.1, -0.05) is 0 Å². The summed E-state index contributed by atoms with van der Waals surface area (Å²) in [6.45, 7) is 3.30. The molecule has 3 N–H and O–H groups in total. The van der Waals surface area contributed by atoms with E-state index in [1.54, 1.807) is 12.4 Å². The lowest BCUT2D eigenvalue weighted by Crippen LogP contribution is -2.40. The number of nitrogen functional groups attached to an aromatic ring is 1. The predicted molar refractivity (Wildman–Crippen MR) is 69.2 cm³/mol. The third kappa shape index (κ3) is 4.40. The van der Waals surface area contributed by atoms with Crippen LogP contribution in [0.15, 0.2) is 18.5 Å². The summed E-state index contributed by atoms with van der Waals surface area (Å²) in [6, 6.07) is 1.86. The monoisotopic (exact) mass is 266 g/mol. The van der Waals surface area contributed by atoms with Crippen LogP contribution in [0.4, 0.5) is 11.4 Å². The first-order valence-electron chi connectivity index (χ1n) is 4.64. The van der Waals surface area contributed by atoms with Crippen molar-refractivity contribution in [2.45, 2.75) is 0 Å². The fraction of sp³-hybridized carbons (Fsp3) is 0.444. The minimum atomic E-state index is 0. The maximum atomic E-state index is 5.62. The lowest BCUT2D eigenvalue weighted by atomic mass is 10.4. The number of rotatable bonds is 2. The van der Waals surface area contributed by atoms with Gasteiger partial charge in [0.05, 0.1) is 30.8 Å². The molecule has 0 aromatic carbocycles. The molecule has 0 unspecified atom stereocenters. The van der Waals surface area contributed by atoms with E-state index < -0.39 is 0 Å². The van der Waals surface area contributed by atoms with Gasteiger partial charge in [-0.3, -0.25) is 4.98 Å². The van der Waals surface area contributed by atoms with E-state index in [9.17, 15) is 0 Å². The van der Waals surface area contributed by atoms with Gasteiger partial charge in [0.15, 0.2) is 0 Å². The van der Waals surface area contributed by atoms with E-state index in [0.29, 0.717) is 5.69 Å². The summed E-state index contributed by atoms with van der Waals surface area (Å²) in [7, 11) is 0. The van der Waals surface area contributed by atoms with Crippen molar-refractivity contribution in [3.8, 4) is 0 Å². The topological polar surface area (TPSA) is 63.4 Å². The molecule has 7 heteroatoms. The summed E-state index contributed by atoms with van der Waals surface area (Å²) in [5.41, 5.74) is 10.4. The molecule has 0 radical (unpaired) electrons. The molecule has 2 heterocycles. The lowest BCUT2D eigenvalue weighted by Gasteiger charge is -2.27. The van der Waals surface area contributed by atoms with E-state index in [1.165, 1.54) is 0 Å². The zero-order valence-electron chi connectivity index (χ0n) is 8.76. The van der Waals surface area contributed by atoms with E-state index in [0.717, 1.165) is 32.0 Å². The highest BCUT2D eigenvalue weighted by atomic mass is 35.5. The third-order valence-electron chi connectivity index (χ3n) is 2.06. The minimum Gasteiger partial charge on any atom is -0.397 e. The molecular weight excluding hydrogens is 251 g/mol. The number of anilines is 2. The van der Waals surface area contributed by atoms with Gasteiger partial charge in [-0.05, 0) is 6.07 Å². The number of hydrogen-bond acceptors (Lipinski definition) is 5. The number of nitrogens with zero attached hydrogens (tertiary/aromatic N) is 2. The Bertz CT molecular complexity index is 307. The van der Waals surface area contributed by atoms with Crippen LogP contribution < -0.4 is 11.2 Å². The molecule has 2 rings (SSSR count). The number of nitrogens with one attached hydrogen (secondary N) is 1. The number of aromatic nitrogens is 1. The van der Waals surface area contributed by atoms with Crippen LogP contribution in [0.2, 0.25) is 0 Å². The average Bonchev–Trinajstić information content (AvgIpc) is 2.19. The van der Waals surface area contributed by atoms with Gasteiger partial charge in [-0.15, -0.1) is 24.8 Å². The summed E-state index contributed by atoms with van der Waals surface area (Å²) < 4.78 is 5.24. The molecule has 16 heavy (non-hydrogen) atoms. The molecule has 1 aliphatic heterocycles. The lowest BCUT2D eigenvalue weighted by molar-refractivity contribution is 0.0497. The maximum Gasteiger partial charge on any atom is 0.0694 e. The number of halogens is 2. The Hall–Kier alpha value is -0.750. The highest BCUT2D eigenvalue weighted by Crippen LogP contribution is 2.10. The molecule has 0 saturated carbocycles. The first-order chi connectivity index (χ1) is 6.84. The Morgan fingerprint density at radius 1 is 1.25 bits per heavy atom. The molecule has 1 fully saturated rings. The Labute approximate surface area is 107 Å². The van der Waals surface area contributed by atoms with E-state index in [2.05, 4.69) is 15.4 Å². The fourth-order valence-electron chi connectivity index (χ4n) is 1.38. The second-order valence-corrected chi connectivity index (χ2v) is 3.22. The SMILES string of the molecule is Cl.Cl.Nc1cncc(NN2CCOCC2)c1. The van der Waals surface area contributed by atoms with Gasteiger partial charge in [0.2, 0.25) is 0 Å². The molecule has 1 saturated heterocycles. The van der Waals surface area contributed by atoms with Crippen molar-refractivity contribution in [2.75, 3.05) is 37.5 Å². The number of morpholine rings is 1. The number of pyridine rings is 1. The van der Waals surface area contributed by atoms with E-state index in [4.69, 9.17) is 10.5 Å². The van der Waals surface area contributed by atoms with Crippen molar-refractivity contribution in [2.24, 2.45) is 0 Å². The zero-order chi connectivity index (χ0) is 9.80. The molecule has 0 aliphatic carbocycles. The summed E-state index contributed by atoms with van der Waals surface area (Å²) >= 11 is 0. The van der Waals surface area contributed by atoms with Crippen molar-refractivity contribution < 1.29 is 4.74 Å². The number of hydrogen-bond donors (Lipinski definition) is 2. The quantitative estimate of drug-likeness (QED) is 0.842. The second-order valence-electron chi connectivity index (χ2n) is 3.22. The van der Waals surface area contributed by atoms with Crippen LogP contribution in [-0.2, 0) is 4.74 Å². The molecule has 1 aliphatic rings. The Balaban J connectivity index is 0.00000112. The van der Waals surface area contributed by atoms with Crippen molar-refractivity contribution in [3.63, 3.8) is 0 Å². The van der Waals surface area contributed by atoms with E-state index in [-0.39, 0.29) is 24.8 Å². The van der Waals surface area contributed by atoms with Gasteiger partial charge < -0.3 is 15.9 Å². The Morgan fingerprint density at radius 3 is 2.56 bits per heavy atom. The smallest absolute Gasteiger partial charge is 0.0694 e. The number of nitrogens with two attached hydrogens (primary N) is 1. The van der Waals surface area contributed by atoms with Crippen molar-refractivity contribution in [1.82, 2.24) is 9.99 Å². The van der Waals surface area contributed by atoms with Crippen LogP contribution >= 0.6 is 24.8 Å². The molecule has 0 bridgehead atoms. The maximum absolute atomic E-state index is 5.62. The molecule has 1 aromatic rings. The van der Waals surface area contributed by atoms with E-state index >= 15 is 0 Å². The van der Waals surface area contributed by atoms with Gasteiger partial charge in [0.1, 0.15) is 0 Å². The molecule has 1 aromatic heterocycles. The average molecular weight is 267 g/mol. The second kappa shape index (κ2) is 7.51. The standard InChI is InChI=1S/C9H14N4O.2ClH/c10-8-5-9(7-11-6-8)12-13-1-3-14-4-2-13;;/h5-7,12H,1-4,10H2;2*1H. The van der Waals surface area contributed by atoms with Crippen LogP contribution in [0.25, 0.3) is 0 Å². The Kier molecular flexibility index (Phi) is 7.16. The van der Waals surface area contributed by atoms with Crippen molar-refractivity contribution in [3.05, 3.63) is 18.5 Å². The van der Waals surface area contributed by atoms with Gasteiger partial charge in [-0.25, -0.2) is 5.01 Å². The normalized spacial score (nSPS) is 15.8. The van der Waals surface area contributed by atoms with Crippen molar-refractivity contribution in [1.29, 1.82) is 0 Å². The Morgan fingerprint density at radius 2 is 1.94 bits per heavy atom. The molecule has 0 amide bonds. The van der Waals surface area contributed by atoms with E-state index in [1.807, 2.05) is 6.07 Å². The first-order valence-corrected chi connectivity index (χ1v) is 4.64. The number of ether oxygens (including phenoxy) is 1. The summed E-state index contributed by atoms with van der Waals surface area (Å²) in [5.74, 6) is 0. The molecular formula is C9H16Cl2N4O. The highest BCUT2D eigenvalue weighted by Gasteiger charge is 2.09. The molecule has 5 nitrogen and oxygen atoms in total. The van der Waals surface area contributed by atoms with Gasteiger partial charge in [0, 0.05) is 19.3 Å². The summed E-state index contributed by atoms with van der Waals surface area (Å²) in [4.78, 5) is 4.00. The van der Waals surface area contributed by atoms with Crippen LogP contribution in [-0.4, -0.2) is 36.3 Å². The molecule has 0 spiro atoms. The summed E-state index contributed by atoms with van der Waals surface area (Å²) in [6.07, 6.45) is 3.39. The van der Waals surface area contributed by atoms with Gasteiger partial charge in [0.25, 0.3) is 0 Å². The van der Waals surface area contributed by atoms with Gasteiger partial charge >= 0.3 is 0 Å². The zero-order valence-corrected chi connectivity index (χ0v) is 10.4. The predicted octanol–water partition coefficient (Wildman–Crippen LogP) is 1.17. The summed E-state index contributed by atoms with van der Waals surface area (Å²) in [5, 5.41) is 2.10. The third-order valence-corrected chi connectivity index (χ3v) is 2.06. The molecule has 0 atom stereocenters. The largest absolute Gasteiger partial charge is 0.397 e.